The molecule has 0 bridgehead atoms. The number of nitrogens with zero attached hydrogens (tertiary/aromatic N) is 2. The number of hydrogen-bond acceptors (Lipinski definition) is 3. The smallest absolute Gasteiger partial charge is 0.147 e. The zero-order chi connectivity index (χ0) is 14.5. The van der Waals surface area contributed by atoms with E-state index in [1.165, 1.54) is 32.1 Å². The lowest BCUT2D eigenvalue weighted by molar-refractivity contribution is 0.278. The van der Waals surface area contributed by atoms with Gasteiger partial charge in [0.2, 0.25) is 0 Å². The Morgan fingerprint density at radius 1 is 1.20 bits per heavy atom. The van der Waals surface area contributed by atoms with Gasteiger partial charge >= 0.3 is 0 Å². The Kier molecular flexibility index (Phi) is 5.32. The van der Waals surface area contributed by atoms with E-state index >= 15 is 0 Å². The van der Waals surface area contributed by atoms with Gasteiger partial charge in [-0.15, -0.1) is 0 Å². The van der Waals surface area contributed by atoms with Crippen molar-refractivity contribution in [1.29, 1.82) is 0 Å². The lowest BCUT2D eigenvalue weighted by Crippen LogP contribution is -2.22. The first-order chi connectivity index (χ1) is 9.65. The molecule has 1 saturated carbocycles. The molecule has 2 rings (SSSR count). The molecule has 0 radical (unpaired) electrons. The Morgan fingerprint density at radius 2 is 1.85 bits per heavy atom. The van der Waals surface area contributed by atoms with Gasteiger partial charge in [0.1, 0.15) is 5.82 Å². The van der Waals surface area contributed by atoms with Crippen LogP contribution in [0.3, 0.4) is 0 Å². The van der Waals surface area contributed by atoms with Crippen LogP contribution in [0, 0.1) is 11.8 Å². The second-order valence-corrected chi connectivity index (χ2v) is 6.26. The monoisotopic (exact) mass is 278 g/mol. The second-order valence-electron chi connectivity index (χ2n) is 6.26. The molecule has 1 aromatic heterocycles. The fourth-order valence-electron chi connectivity index (χ4n) is 3.31. The first-order valence-electron chi connectivity index (χ1n) is 8.20. The predicted octanol–water partition coefficient (Wildman–Crippen LogP) is 3.58. The van der Waals surface area contributed by atoms with Gasteiger partial charge in [-0.3, -0.25) is 4.68 Å². The molecule has 4 heteroatoms. The van der Waals surface area contributed by atoms with Gasteiger partial charge in [0.25, 0.3) is 0 Å². The molecule has 0 unspecified atom stereocenters. The maximum atomic E-state index is 6.20. The normalized spacial score (nSPS) is 22.9. The van der Waals surface area contributed by atoms with Crippen molar-refractivity contribution < 1.29 is 0 Å². The van der Waals surface area contributed by atoms with Crippen molar-refractivity contribution >= 4 is 11.5 Å². The van der Waals surface area contributed by atoms with Gasteiger partial charge in [0, 0.05) is 13.6 Å². The average Bonchev–Trinajstić information content (AvgIpc) is 2.72. The highest BCUT2D eigenvalue weighted by Crippen LogP contribution is 2.31. The largest absolute Gasteiger partial charge is 0.394 e. The molecule has 0 atom stereocenters. The highest BCUT2D eigenvalue weighted by Gasteiger charge is 2.21. The minimum absolute atomic E-state index is 0.793. The minimum Gasteiger partial charge on any atom is -0.394 e. The van der Waals surface area contributed by atoms with Crippen LogP contribution in [0.1, 0.15) is 58.1 Å². The third-order valence-corrected chi connectivity index (χ3v) is 4.75. The van der Waals surface area contributed by atoms with E-state index in [1.807, 2.05) is 11.7 Å². The molecule has 1 heterocycles. The lowest BCUT2D eigenvalue weighted by atomic mass is 9.81. The summed E-state index contributed by atoms with van der Waals surface area (Å²) >= 11 is 0. The highest BCUT2D eigenvalue weighted by molar-refractivity contribution is 5.65. The quantitative estimate of drug-likeness (QED) is 0.836. The molecular weight excluding hydrogens is 248 g/mol. The van der Waals surface area contributed by atoms with Crippen molar-refractivity contribution in [3.05, 3.63) is 5.69 Å². The fraction of sp³-hybridized carbons (Fsp3) is 0.812. The number of rotatable bonds is 6. The molecule has 1 fully saturated rings. The highest BCUT2D eigenvalue weighted by atomic mass is 15.3. The van der Waals surface area contributed by atoms with E-state index in [2.05, 4.69) is 24.3 Å². The molecular formula is C16H30N4. The zero-order valence-electron chi connectivity index (χ0n) is 13.3. The van der Waals surface area contributed by atoms with Gasteiger partial charge < -0.3 is 11.1 Å². The summed E-state index contributed by atoms with van der Waals surface area (Å²) in [4.78, 5) is 0. The van der Waals surface area contributed by atoms with Crippen LogP contribution in [-0.2, 0) is 13.5 Å². The van der Waals surface area contributed by atoms with Crippen molar-refractivity contribution in [3.8, 4) is 0 Å². The number of anilines is 2. The number of hydrogen-bond donors (Lipinski definition) is 2. The van der Waals surface area contributed by atoms with Crippen LogP contribution in [0.25, 0.3) is 0 Å². The van der Waals surface area contributed by atoms with E-state index in [9.17, 15) is 0 Å². The van der Waals surface area contributed by atoms with Crippen LogP contribution in [-0.4, -0.2) is 16.3 Å². The molecule has 3 N–H and O–H groups in total. The van der Waals surface area contributed by atoms with Crippen LogP contribution >= 0.6 is 0 Å². The molecule has 0 aromatic carbocycles. The number of aromatic nitrogens is 2. The summed E-state index contributed by atoms with van der Waals surface area (Å²) in [7, 11) is 1.98. The van der Waals surface area contributed by atoms with Gasteiger partial charge in [0.05, 0.1) is 11.4 Å². The number of nitrogens with two attached hydrogens (primary N) is 1. The molecule has 0 saturated heterocycles. The fourth-order valence-corrected chi connectivity index (χ4v) is 3.31. The Hall–Kier alpha value is -1.19. The molecule has 1 aliphatic carbocycles. The molecule has 1 aromatic rings. The van der Waals surface area contributed by atoms with Gasteiger partial charge in [-0.25, -0.2) is 0 Å². The molecule has 0 aliphatic heterocycles. The van der Waals surface area contributed by atoms with Crippen molar-refractivity contribution in [1.82, 2.24) is 9.78 Å². The third kappa shape index (κ3) is 3.47. The summed E-state index contributed by atoms with van der Waals surface area (Å²) in [6.45, 7) is 5.51. The molecule has 0 spiro atoms. The summed E-state index contributed by atoms with van der Waals surface area (Å²) in [5, 5.41) is 8.06. The molecule has 4 nitrogen and oxygen atoms in total. The standard InChI is InChI=1S/C16H30N4/c1-4-6-14-15(17)16(20(3)19-14)18-11-13-9-7-12(5-2)8-10-13/h12-13,18H,4-11,17H2,1-3H3. The average molecular weight is 278 g/mol. The van der Waals surface area contributed by atoms with E-state index in [1.54, 1.807) is 0 Å². The summed E-state index contributed by atoms with van der Waals surface area (Å²) in [6, 6.07) is 0. The maximum absolute atomic E-state index is 6.20. The SMILES string of the molecule is CCCc1nn(C)c(NCC2CCC(CC)CC2)c1N. The Morgan fingerprint density at radius 3 is 2.45 bits per heavy atom. The molecule has 1 aliphatic rings. The summed E-state index contributed by atoms with van der Waals surface area (Å²) in [5.74, 6) is 2.76. The van der Waals surface area contributed by atoms with Crippen molar-refractivity contribution in [2.75, 3.05) is 17.6 Å². The first kappa shape index (κ1) is 15.2. The van der Waals surface area contributed by atoms with E-state index < -0.39 is 0 Å². The summed E-state index contributed by atoms with van der Waals surface area (Å²) in [6.07, 6.45) is 8.88. The van der Waals surface area contributed by atoms with Crippen LogP contribution < -0.4 is 11.1 Å². The number of aryl methyl sites for hydroxylation is 2. The van der Waals surface area contributed by atoms with Crippen LogP contribution in [0.4, 0.5) is 11.5 Å². The van der Waals surface area contributed by atoms with Crippen molar-refractivity contribution in [3.63, 3.8) is 0 Å². The summed E-state index contributed by atoms with van der Waals surface area (Å²) in [5.41, 5.74) is 8.08. The van der Waals surface area contributed by atoms with E-state index in [4.69, 9.17) is 5.73 Å². The molecule has 114 valence electrons. The van der Waals surface area contributed by atoms with Crippen molar-refractivity contribution in [2.45, 2.75) is 58.8 Å². The maximum Gasteiger partial charge on any atom is 0.147 e. The van der Waals surface area contributed by atoms with Crippen LogP contribution in [0.5, 0.6) is 0 Å². The number of nitrogen functional groups attached to an aromatic ring is 1. The first-order valence-corrected chi connectivity index (χ1v) is 8.20. The predicted molar refractivity (Wildman–Crippen MR) is 85.8 cm³/mol. The minimum atomic E-state index is 0.793. The Bertz CT molecular complexity index is 416. The summed E-state index contributed by atoms with van der Waals surface area (Å²) < 4.78 is 1.90. The van der Waals surface area contributed by atoms with Crippen molar-refractivity contribution in [2.24, 2.45) is 18.9 Å². The second kappa shape index (κ2) is 7.00. The Labute approximate surface area is 123 Å². The number of nitrogens with one attached hydrogen (secondary N) is 1. The lowest BCUT2D eigenvalue weighted by Gasteiger charge is -2.28. The van der Waals surface area contributed by atoms with E-state index in [0.717, 1.165) is 48.4 Å². The third-order valence-electron chi connectivity index (χ3n) is 4.75. The Balaban J connectivity index is 1.88. The van der Waals surface area contributed by atoms with E-state index in [0.29, 0.717) is 0 Å². The van der Waals surface area contributed by atoms with Gasteiger partial charge in [-0.2, -0.15) is 5.10 Å². The van der Waals surface area contributed by atoms with Gasteiger partial charge in [-0.1, -0.05) is 39.5 Å². The van der Waals surface area contributed by atoms with Crippen LogP contribution in [0.2, 0.25) is 0 Å². The van der Waals surface area contributed by atoms with Crippen LogP contribution in [0.15, 0.2) is 0 Å². The van der Waals surface area contributed by atoms with E-state index in [-0.39, 0.29) is 0 Å². The molecule has 20 heavy (non-hydrogen) atoms. The molecule has 0 amide bonds. The topological polar surface area (TPSA) is 55.9 Å². The van der Waals surface area contributed by atoms with Gasteiger partial charge in [0.15, 0.2) is 0 Å². The zero-order valence-corrected chi connectivity index (χ0v) is 13.3. The van der Waals surface area contributed by atoms with Gasteiger partial charge in [-0.05, 0) is 31.1 Å².